The van der Waals surface area contributed by atoms with Gasteiger partial charge in [0, 0.05) is 22.8 Å². The molecule has 0 saturated heterocycles. The molecule has 0 heterocycles. The summed E-state index contributed by atoms with van der Waals surface area (Å²) >= 11 is 3.38. The molecule has 0 radical (unpaired) electrons. The van der Waals surface area contributed by atoms with E-state index < -0.39 is 0 Å². The molecule has 0 fully saturated rings. The summed E-state index contributed by atoms with van der Waals surface area (Å²) in [7, 11) is 3.41. The lowest BCUT2D eigenvalue weighted by Crippen LogP contribution is -2.26. The molecule has 2 aromatic rings. The van der Waals surface area contributed by atoms with Crippen LogP contribution in [0.5, 0.6) is 5.75 Å². The van der Waals surface area contributed by atoms with Crippen molar-refractivity contribution in [3.8, 4) is 5.75 Å². The van der Waals surface area contributed by atoms with E-state index >= 15 is 0 Å². The van der Waals surface area contributed by atoms with E-state index in [1.54, 1.807) is 19.1 Å². The largest absolute Gasteiger partial charge is 0.497 e. The van der Waals surface area contributed by atoms with E-state index in [9.17, 15) is 4.79 Å². The highest BCUT2D eigenvalue weighted by atomic mass is 79.9. The van der Waals surface area contributed by atoms with Crippen LogP contribution in [0.1, 0.15) is 15.9 Å². The third-order valence-electron chi connectivity index (χ3n) is 3.14. The third-order valence-corrected chi connectivity index (χ3v) is 3.63. The Hall–Kier alpha value is -1.81. The van der Waals surface area contributed by atoms with Crippen molar-refractivity contribution < 1.29 is 9.53 Å². The van der Waals surface area contributed by atoms with Gasteiger partial charge < -0.3 is 9.64 Å². The first-order valence-electron chi connectivity index (χ1n) is 6.21. The van der Waals surface area contributed by atoms with Gasteiger partial charge in [-0.1, -0.05) is 22.0 Å². The number of aryl methyl sites for hydroxylation is 1. The maximum Gasteiger partial charge on any atom is 0.258 e. The van der Waals surface area contributed by atoms with Gasteiger partial charge in [0.1, 0.15) is 5.75 Å². The Labute approximate surface area is 127 Å². The van der Waals surface area contributed by atoms with Crippen LogP contribution < -0.4 is 9.64 Å². The van der Waals surface area contributed by atoms with Gasteiger partial charge in [0.15, 0.2) is 0 Å². The van der Waals surface area contributed by atoms with E-state index in [2.05, 4.69) is 15.9 Å². The molecule has 20 heavy (non-hydrogen) atoms. The fraction of sp³-hybridized carbons (Fsp3) is 0.188. The van der Waals surface area contributed by atoms with Crippen molar-refractivity contribution >= 4 is 27.5 Å². The fourth-order valence-electron chi connectivity index (χ4n) is 2.06. The van der Waals surface area contributed by atoms with Gasteiger partial charge in [-0.2, -0.15) is 0 Å². The lowest BCUT2D eigenvalue weighted by molar-refractivity contribution is 0.0993. The Morgan fingerprint density at radius 3 is 2.55 bits per heavy atom. The van der Waals surface area contributed by atoms with Crippen molar-refractivity contribution in [2.45, 2.75) is 6.92 Å². The van der Waals surface area contributed by atoms with E-state index in [4.69, 9.17) is 4.74 Å². The SMILES string of the molecule is COc1ccc(N(C)C(=O)c2cccc(Br)c2)c(C)c1. The molecule has 2 aromatic carbocycles. The summed E-state index contributed by atoms with van der Waals surface area (Å²) in [5.41, 5.74) is 2.52. The lowest BCUT2D eigenvalue weighted by atomic mass is 10.1. The molecule has 1 amide bonds. The Morgan fingerprint density at radius 2 is 1.95 bits per heavy atom. The highest BCUT2D eigenvalue weighted by Crippen LogP contribution is 2.25. The summed E-state index contributed by atoms with van der Waals surface area (Å²) in [6, 6.07) is 13.0. The van der Waals surface area contributed by atoms with Crippen LogP contribution in [-0.4, -0.2) is 20.1 Å². The molecule has 0 aliphatic carbocycles. The fourth-order valence-corrected chi connectivity index (χ4v) is 2.46. The first-order valence-corrected chi connectivity index (χ1v) is 7.00. The minimum Gasteiger partial charge on any atom is -0.497 e. The van der Waals surface area contributed by atoms with Crippen molar-refractivity contribution in [1.29, 1.82) is 0 Å². The van der Waals surface area contributed by atoms with E-state index in [-0.39, 0.29) is 5.91 Å². The standard InChI is InChI=1S/C16H16BrNO2/c1-11-9-14(20-3)7-8-15(11)18(2)16(19)12-5-4-6-13(17)10-12/h4-10H,1-3H3. The molecule has 0 saturated carbocycles. The van der Waals surface area contributed by atoms with Gasteiger partial charge in [0.25, 0.3) is 5.91 Å². The molecule has 0 N–H and O–H groups in total. The van der Waals surface area contributed by atoms with Crippen LogP contribution in [0.2, 0.25) is 0 Å². The number of methoxy groups -OCH3 is 1. The zero-order valence-corrected chi connectivity index (χ0v) is 13.3. The monoisotopic (exact) mass is 333 g/mol. The minimum atomic E-state index is -0.0421. The van der Waals surface area contributed by atoms with Crippen LogP contribution in [0.3, 0.4) is 0 Å². The molecular formula is C16H16BrNO2. The number of halogens is 1. The number of ether oxygens (including phenoxy) is 1. The zero-order chi connectivity index (χ0) is 14.7. The number of carbonyl (C=O) groups is 1. The maximum absolute atomic E-state index is 12.5. The van der Waals surface area contributed by atoms with E-state index in [1.165, 1.54) is 0 Å². The van der Waals surface area contributed by atoms with Gasteiger partial charge in [-0.15, -0.1) is 0 Å². The van der Waals surface area contributed by atoms with Crippen LogP contribution >= 0.6 is 15.9 Å². The normalized spacial score (nSPS) is 10.2. The molecule has 104 valence electrons. The van der Waals surface area contributed by atoms with Crippen molar-refractivity contribution in [1.82, 2.24) is 0 Å². The number of hydrogen-bond donors (Lipinski definition) is 0. The topological polar surface area (TPSA) is 29.5 Å². The second kappa shape index (κ2) is 6.09. The van der Waals surface area contributed by atoms with Crippen molar-refractivity contribution in [2.75, 3.05) is 19.1 Å². The molecular weight excluding hydrogens is 318 g/mol. The molecule has 0 atom stereocenters. The summed E-state index contributed by atoms with van der Waals surface area (Å²) in [6.07, 6.45) is 0. The van der Waals surface area contributed by atoms with Crippen molar-refractivity contribution in [2.24, 2.45) is 0 Å². The summed E-state index contributed by atoms with van der Waals surface area (Å²) in [4.78, 5) is 14.1. The molecule has 0 bridgehead atoms. The van der Waals surface area contributed by atoms with E-state index in [0.717, 1.165) is 21.5 Å². The van der Waals surface area contributed by atoms with Crippen LogP contribution in [0, 0.1) is 6.92 Å². The summed E-state index contributed by atoms with van der Waals surface area (Å²) in [5, 5.41) is 0. The van der Waals surface area contributed by atoms with E-state index in [1.807, 2.05) is 49.4 Å². The van der Waals surface area contributed by atoms with Gasteiger partial charge in [-0.3, -0.25) is 4.79 Å². The summed E-state index contributed by atoms with van der Waals surface area (Å²) in [6.45, 7) is 1.96. The van der Waals surface area contributed by atoms with Gasteiger partial charge in [-0.05, 0) is 48.9 Å². The number of rotatable bonds is 3. The minimum absolute atomic E-state index is 0.0421. The number of benzene rings is 2. The quantitative estimate of drug-likeness (QED) is 0.848. The molecule has 0 spiro atoms. The molecule has 3 nitrogen and oxygen atoms in total. The number of anilines is 1. The Bertz CT molecular complexity index is 640. The number of hydrogen-bond acceptors (Lipinski definition) is 2. The Morgan fingerprint density at radius 1 is 1.20 bits per heavy atom. The first kappa shape index (κ1) is 14.6. The predicted octanol–water partition coefficient (Wildman–Crippen LogP) is 4.04. The zero-order valence-electron chi connectivity index (χ0n) is 11.7. The average molecular weight is 334 g/mol. The molecule has 0 aliphatic rings. The third kappa shape index (κ3) is 3.02. The van der Waals surface area contributed by atoms with Crippen LogP contribution in [-0.2, 0) is 0 Å². The summed E-state index contributed by atoms with van der Waals surface area (Å²) < 4.78 is 6.07. The van der Waals surface area contributed by atoms with Crippen molar-refractivity contribution in [3.63, 3.8) is 0 Å². The van der Waals surface area contributed by atoms with Gasteiger partial charge in [0.05, 0.1) is 7.11 Å². The Kier molecular flexibility index (Phi) is 4.45. The average Bonchev–Trinajstić information content (AvgIpc) is 2.45. The van der Waals surface area contributed by atoms with E-state index in [0.29, 0.717) is 5.56 Å². The number of carbonyl (C=O) groups excluding carboxylic acids is 1. The molecule has 0 aromatic heterocycles. The number of amides is 1. The lowest BCUT2D eigenvalue weighted by Gasteiger charge is -2.20. The second-order valence-electron chi connectivity index (χ2n) is 4.53. The molecule has 2 rings (SSSR count). The van der Waals surface area contributed by atoms with Crippen LogP contribution in [0.15, 0.2) is 46.9 Å². The van der Waals surface area contributed by atoms with Crippen LogP contribution in [0.4, 0.5) is 5.69 Å². The van der Waals surface area contributed by atoms with Gasteiger partial charge in [0.2, 0.25) is 0 Å². The first-order chi connectivity index (χ1) is 9.52. The highest BCUT2D eigenvalue weighted by molar-refractivity contribution is 9.10. The second-order valence-corrected chi connectivity index (χ2v) is 5.44. The molecule has 0 unspecified atom stereocenters. The Balaban J connectivity index is 2.31. The predicted molar refractivity (Wildman–Crippen MR) is 84.6 cm³/mol. The van der Waals surface area contributed by atoms with Crippen LogP contribution in [0.25, 0.3) is 0 Å². The molecule has 0 aliphatic heterocycles. The smallest absolute Gasteiger partial charge is 0.258 e. The summed E-state index contributed by atoms with van der Waals surface area (Å²) in [5.74, 6) is 0.745. The highest BCUT2D eigenvalue weighted by Gasteiger charge is 2.15. The van der Waals surface area contributed by atoms with Gasteiger partial charge in [-0.25, -0.2) is 0 Å². The number of nitrogens with zero attached hydrogens (tertiary/aromatic N) is 1. The van der Waals surface area contributed by atoms with Crippen molar-refractivity contribution in [3.05, 3.63) is 58.1 Å². The molecule has 4 heteroatoms. The maximum atomic E-state index is 12.5. The van der Waals surface area contributed by atoms with Gasteiger partial charge >= 0.3 is 0 Å².